The predicted octanol–water partition coefficient (Wildman–Crippen LogP) is 2.95. The van der Waals surface area contributed by atoms with Gasteiger partial charge in [-0.05, 0) is 29.8 Å². The number of hydrogen-bond donors (Lipinski definition) is 2. The molecule has 0 saturated carbocycles. The first-order valence-electron chi connectivity index (χ1n) is 6.17. The fourth-order valence-electron chi connectivity index (χ4n) is 1.79. The number of rotatable bonds is 4. The second-order valence-electron chi connectivity index (χ2n) is 4.38. The number of halogens is 2. The first-order valence-corrected chi connectivity index (χ1v) is 6.17. The van der Waals surface area contributed by atoms with Crippen LogP contribution < -0.4 is 11.1 Å². The van der Waals surface area contributed by atoms with Crippen molar-refractivity contribution in [3.63, 3.8) is 0 Å². The minimum atomic E-state index is -1.23. The second kappa shape index (κ2) is 6.21. The maximum Gasteiger partial charge on any atom is 0.340 e. The molecule has 2 aromatic carbocycles. The molecule has 0 radical (unpaired) electrons. The summed E-state index contributed by atoms with van der Waals surface area (Å²) in [4.78, 5) is 11.2. The van der Waals surface area contributed by atoms with Gasteiger partial charge in [-0.15, -0.1) is 0 Å². The van der Waals surface area contributed by atoms with Gasteiger partial charge in [0, 0.05) is 12.2 Å². The smallest absolute Gasteiger partial charge is 0.340 e. The fourth-order valence-corrected chi connectivity index (χ4v) is 1.79. The van der Waals surface area contributed by atoms with Crippen LogP contribution in [0.4, 0.5) is 20.2 Å². The van der Waals surface area contributed by atoms with E-state index in [9.17, 15) is 13.6 Å². The maximum atomic E-state index is 13.9. The van der Waals surface area contributed by atoms with Crippen LogP contribution in [0.2, 0.25) is 0 Å². The van der Waals surface area contributed by atoms with Crippen molar-refractivity contribution in [1.29, 1.82) is 0 Å². The van der Waals surface area contributed by atoms with E-state index in [1.165, 1.54) is 12.1 Å². The highest BCUT2D eigenvalue weighted by molar-refractivity contribution is 5.90. The lowest BCUT2D eigenvalue weighted by atomic mass is 10.1. The van der Waals surface area contributed by atoms with Gasteiger partial charge in [-0.1, -0.05) is 12.1 Å². The Labute approximate surface area is 120 Å². The van der Waals surface area contributed by atoms with Crippen LogP contribution in [-0.4, -0.2) is 13.1 Å². The quantitative estimate of drug-likeness (QED) is 0.671. The van der Waals surface area contributed by atoms with Crippen LogP contribution in [-0.2, 0) is 11.3 Å². The Bertz CT molecular complexity index is 657. The molecule has 6 heteroatoms. The number of benzene rings is 2. The third kappa shape index (κ3) is 3.28. The summed E-state index contributed by atoms with van der Waals surface area (Å²) in [5.74, 6) is -3.27. The van der Waals surface area contributed by atoms with Crippen LogP contribution >= 0.6 is 0 Å². The average Bonchev–Trinajstić information content (AvgIpc) is 2.49. The summed E-state index contributed by atoms with van der Waals surface area (Å²) in [6, 6.07) is 9.46. The van der Waals surface area contributed by atoms with Crippen LogP contribution in [0, 0.1) is 11.6 Å². The number of nitrogens with one attached hydrogen (secondary N) is 1. The number of carbonyl (C=O) groups is 1. The summed E-state index contributed by atoms with van der Waals surface area (Å²) < 4.78 is 32.0. The Morgan fingerprint density at radius 3 is 2.43 bits per heavy atom. The van der Waals surface area contributed by atoms with Crippen LogP contribution in [0.1, 0.15) is 15.9 Å². The lowest BCUT2D eigenvalue weighted by Gasteiger charge is -2.10. The van der Waals surface area contributed by atoms with Crippen molar-refractivity contribution in [2.24, 2.45) is 0 Å². The summed E-state index contributed by atoms with van der Waals surface area (Å²) in [5.41, 5.74) is 6.58. The van der Waals surface area contributed by atoms with Gasteiger partial charge < -0.3 is 15.8 Å². The molecule has 0 aromatic heterocycles. The molecule has 0 fully saturated rings. The molecule has 110 valence electrons. The number of nitrogens with two attached hydrogens (primary N) is 1. The van der Waals surface area contributed by atoms with E-state index in [0.29, 0.717) is 12.2 Å². The third-order valence-electron chi connectivity index (χ3n) is 2.95. The number of hydrogen-bond acceptors (Lipinski definition) is 4. The summed E-state index contributed by atoms with van der Waals surface area (Å²) in [6.45, 7) is 0.300. The van der Waals surface area contributed by atoms with Crippen LogP contribution in [0.15, 0.2) is 36.4 Å². The van der Waals surface area contributed by atoms with Gasteiger partial charge in [0.05, 0.1) is 18.4 Å². The first kappa shape index (κ1) is 14.8. The lowest BCUT2D eigenvalue weighted by Crippen LogP contribution is -2.09. The first-order chi connectivity index (χ1) is 10.0. The predicted molar refractivity (Wildman–Crippen MR) is 75.9 cm³/mol. The second-order valence-corrected chi connectivity index (χ2v) is 4.38. The zero-order chi connectivity index (χ0) is 15.4. The molecule has 0 atom stereocenters. The molecule has 4 nitrogen and oxygen atoms in total. The van der Waals surface area contributed by atoms with Gasteiger partial charge in [0.15, 0.2) is 11.6 Å². The standard InChI is InChI=1S/C15H14F2N2O2/c1-21-15(20)11-6-7-12(14(17)13(11)16)19-8-9-2-4-10(18)5-3-9/h2-7,19H,8,18H2,1H3. The van der Waals surface area contributed by atoms with Crippen molar-refractivity contribution in [2.75, 3.05) is 18.2 Å². The van der Waals surface area contributed by atoms with Crippen molar-refractivity contribution >= 4 is 17.3 Å². The van der Waals surface area contributed by atoms with Crippen molar-refractivity contribution in [2.45, 2.75) is 6.54 Å². The van der Waals surface area contributed by atoms with E-state index in [1.807, 2.05) is 0 Å². The van der Waals surface area contributed by atoms with E-state index in [2.05, 4.69) is 10.1 Å². The molecule has 2 aromatic rings. The van der Waals surface area contributed by atoms with Crippen molar-refractivity contribution in [3.05, 3.63) is 59.2 Å². The normalized spacial score (nSPS) is 10.2. The van der Waals surface area contributed by atoms with Gasteiger partial charge in [0.25, 0.3) is 0 Å². The average molecular weight is 292 g/mol. The summed E-state index contributed by atoms with van der Waals surface area (Å²) in [7, 11) is 1.10. The molecule has 2 rings (SSSR count). The molecule has 0 heterocycles. The molecule has 21 heavy (non-hydrogen) atoms. The van der Waals surface area contributed by atoms with Crippen molar-refractivity contribution in [3.8, 4) is 0 Å². The SMILES string of the molecule is COC(=O)c1ccc(NCc2ccc(N)cc2)c(F)c1F. The largest absolute Gasteiger partial charge is 0.465 e. The van der Waals surface area contributed by atoms with Gasteiger partial charge in [-0.2, -0.15) is 0 Å². The van der Waals surface area contributed by atoms with E-state index in [-0.39, 0.29) is 5.69 Å². The molecular weight excluding hydrogens is 278 g/mol. The Hall–Kier alpha value is -2.63. The minimum Gasteiger partial charge on any atom is -0.465 e. The van der Waals surface area contributed by atoms with E-state index in [0.717, 1.165) is 12.7 Å². The van der Waals surface area contributed by atoms with Crippen molar-refractivity contribution < 1.29 is 18.3 Å². The number of esters is 1. The molecule has 3 N–H and O–H groups in total. The van der Waals surface area contributed by atoms with Gasteiger partial charge in [-0.3, -0.25) is 0 Å². The molecule has 0 aliphatic rings. The molecule has 0 bridgehead atoms. The molecule has 0 spiro atoms. The van der Waals surface area contributed by atoms with E-state index in [4.69, 9.17) is 5.73 Å². The van der Waals surface area contributed by atoms with Gasteiger partial charge in [0.1, 0.15) is 0 Å². The number of methoxy groups -OCH3 is 1. The highest BCUT2D eigenvalue weighted by Crippen LogP contribution is 2.22. The monoisotopic (exact) mass is 292 g/mol. The van der Waals surface area contributed by atoms with Crippen LogP contribution in [0.25, 0.3) is 0 Å². The molecule has 0 aliphatic heterocycles. The van der Waals surface area contributed by atoms with E-state index < -0.39 is 23.2 Å². The Kier molecular flexibility index (Phi) is 4.37. The number of anilines is 2. The van der Waals surface area contributed by atoms with Gasteiger partial charge >= 0.3 is 5.97 Å². The fraction of sp³-hybridized carbons (Fsp3) is 0.133. The molecular formula is C15H14F2N2O2. The third-order valence-corrected chi connectivity index (χ3v) is 2.95. The summed E-state index contributed by atoms with van der Waals surface area (Å²) in [6.07, 6.45) is 0. The zero-order valence-corrected chi connectivity index (χ0v) is 11.3. The van der Waals surface area contributed by atoms with Gasteiger partial charge in [0.2, 0.25) is 0 Å². The number of carbonyl (C=O) groups excluding carboxylic acids is 1. The van der Waals surface area contributed by atoms with E-state index >= 15 is 0 Å². The minimum absolute atomic E-state index is 0.0306. The Balaban J connectivity index is 2.16. The Morgan fingerprint density at radius 2 is 1.81 bits per heavy atom. The zero-order valence-electron chi connectivity index (χ0n) is 11.3. The Morgan fingerprint density at radius 1 is 1.14 bits per heavy atom. The molecule has 0 amide bonds. The topological polar surface area (TPSA) is 64.3 Å². The molecule has 0 unspecified atom stereocenters. The molecule has 0 aliphatic carbocycles. The molecule has 0 saturated heterocycles. The van der Waals surface area contributed by atoms with Crippen LogP contribution in [0.5, 0.6) is 0 Å². The highest BCUT2D eigenvalue weighted by atomic mass is 19.2. The van der Waals surface area contributed by atoms with Crippen molar-refractivity contribution in [1.82, 2.24) is 0 Å². The van der Waals surface area contributed by atoms with Gasteiger partial charge in [-0.25, -0.2) is 13.6 Å². The summed E-state index contributed by atoms with van der Waals surface area (Å²) >= 11 is 0. The maximum absolute atomic E-state index is 13.9. The number of nitrogen functional groups attached to an aromatic ring is 1. The van der Waals surface area contributed by atoms with Crippen LogP contribution in [0.3, 0.4) is 0 Å². The highest BCUT2D eigenvalue weighted by Gasteiger charge is 2.18. The lowest BCUT2D eigenvalue weighted by molar-refractivity contribution is 0.0594. The number of ether oxygens (including phenoxy) is 1. The van der Waals surface area contributed by atoms with E-state index in [1.54, 1.807) is 24.3 Å². The summed E-state index contributed by atoms with van der Waals surface area (Å²) in [5, 5.41) is 2.77.